The summed E-state index contributed by atoms with van der Waals surface area (Å²) in [5.74, 6) is -0.465. The molecular weight excluding hydrogens is 500 g/mol. The Balaban J connectivity index is 2.00. The minimum Gasteiger partial charge on any atom is -0.497 e. The fourth-order valence-electron chi connectivity index (χ4n) is 3.53. The van der Waals surface area contributed by atoms with Gasteiger partial charge >= 0.3 is 17.9 Å². The summed E-state index contributed by atoms with van der Waals surface area (Å²) in [6, 6.07) is 14.3. The fourth-order valence-corrected chi connectivity index (χ4v) is 3.53. The zero-order chi connectivity index (χ0) is 28.5. The summed E-state index contributed by atoms with van der Waals surface area (Å²) in [6.45, 7) is 3.50. The lowest BCUT2D eigenvalue weighted by Crippen LogP contribution is -2.31. The van der Waals surface area contributed by atoms with Crippen molar-refractivity contribution in [2.45, 2.75) is 45.6 Å². The molecule has 0 aliphatic heterocycles. The first-order chi connectivity index (χ1) is 18.9. The summed E-state index contributed by atoms with van der Waals surface area (Å²) in [7, 11) is 3.15. The van der Waals surface area contributed by atoms with Crippen molar-refractivity contribution in [2.75, 3.05) is 27.4 Å². The van der Waals surface area contributed by atoms with Gasteiger partial charge in [-0.2, -0.15) is 0 Å². The van der Waals surface area contributed by atoms with Gasteiger partial charge in [0.05, 0.1) is 20.1 Å². The van der Waals surface area contributed by atoms with Crippen molar-refractivity contribution in [3.8, 4) is 11.5 Å². The molecule has 210 valence electrons. The van der Waals surface area contributed by atoms with E-state index in [4.69, 9.17) is 23.7 Å². The Bertz CT molecular complexity index is 1090. The molecule has 2 aromatic rings. The maximum absolute atomic E-state index is 12.6. The summed E-state index contributed by atoms with van der Waals surface area (Å²) in [5, 5.41) is 0. The maximum atomic E-state index is 12.6. The highest BCUT2D eigenvalue weighted by molar-refractivity contribution is 5.88. The number of hydrogen-bond acceptors (Lipinski definition) is 8. The van der Waals surface area contributed by atoms with E-state index in [9.17, 15) is 14.4 Å². The topological polar surface area (TPSA) is 97.4 Å². The predicted octanol–water partition coefficient (Wildman–Crippen LogP) is 5.65. The third-order valence-electron chi connectivity index (χ3n) is 5.89. The Labute approximate surface area is 230 Å². The lowest BCUT2D eigenvalue weighted by atomic mass is 10.00. The van der Waals surface area contributed by atoms with Gasteiger partial charge in [0, 0.05) is 12.2 Å². The van der Waals surface area contributed by atoms with Gasteiger partial charge in [0.1, 0.15) is 24.7 Å². The van der Waals surface area contributed by atoms with Crippen molar-refractivity contribution in [1.82, 2.24) is 0 Å². The largest absolute Gasteiger partial charge is 0.497 e. The molecule has 0 aliphatic carbocycles. The molecule has 8 nitrogen and oxygen atoms in total. The molecule has 0 N–H and O–H groups in total. The van der Waals surface area contributed by atoms with Crippen molar-refractivity contribution in [3.05, 3.63) is 71.8 Å². The first-order valence-corrected chi connectivity index (χ1v) is 13.1. The SMILES string of the molecule is CCCCC(CC)C(=O)OCC(COC(=O)/C=C/c1ccc(OC)cc1)OC(=O)/C=C/c1ccc(OC)cc1. The molecule has 0 spiro atoms. The first-order valence-electron chi connectivity index (χ1n) is 13.1. The Morgan fingerprint density at radius 3 is 1.74 bits per heavy atom. The number of ether oxygens (including phenoxy) is 5. The van der Waals surface area contributed by atoms with Gasteiger partial charge in [0.2, 0.25) is 0 Å². The molecule has 39 heavy (non-hydrogen) atoms. The van der Waals surface area contributed by atoms with Gasteiger partial charge < -0.3 is 23.7 Å². The Hall–Kier alpha value is -4.07. The quantitative estimate of drug-likeness (QED) is 0.154. The van der Waals surface area contributed by atoms with Crippen LogP contribution in [0.2, 0.25) is 0 Å². The van der Waals surface area contributed by atoms with E-state index in [1.807, 2.05) is 6.92 Å². The molecule has 0 bridgehead atoms. The minimum absolute atomic E-state index is 0.223. The van der Waals surface area contributed by atoms with Gasteiger partial charge in [-0.1, -0.05) is 51.0 Å². The van der Waals surface area contributed by atoms with E-state index in [1.165, 1.54) is 12.2 Å². The van der Waals surface area contributed by atoms with Crippen LogP contribution in [0.25, 0.3) is 12.2 Å². The Morgan fingerprint density at radius 2 is 1.26 bits per heavy atom. The molecule has 0 fully saturated rings. The summed E-state index contributed by atoms with van der Waals surface area (Å²) < 4.78 is 26.4. The molecule has 0 aliphatic rings. The van der Waals surface area contributed by atoms with E-state index in [1.54, 1.807) is 74.9 Å². The van der Waals surface area contributed by atoms with Crippen molar-refractivity contribution >= 4 is 30.1 Å². The second-order valence-electron chi connectivity index (χ2n) is 8.78. The molecule has 0 saturated heterocycles. The Morgan fingerprint density at radius 1 is 0.744 bits per heavy atom. The lowest BCUT2D eigenvalue weighted by Gasteiger charge is -2.19. The summed E-state index contributed by atoms with van der Waals surface area (Å²) in [6.07, 6.45) is 8.03. The summed E-state index contributed by atoms with van der Waals surface area (Å²) in [5.41, 5.74) is 1.55. The number of esters is 3. The molecule has 0 amide bonds. The predicted molar refractivity (Wildman–Crippen MR) is 149 cm³/mol. The summed E-state index contributed by atoms with van der Waals surface area (Å²) >= 11 is 0. The molecule has 0 saturated carbocycles. The third-order valence-corrected chi connectivity index (χ3v) is 5.89. The van der Waals surface area contributed by atoms with Crippen LogP contribution in [-0.2, 0) is 28.6 Å². The van der Waals surface area contributed by atoms with Gasteiger partial charge in [-0.15, -0.1) is 0 Å². The third kappa shape index (κ3) is 11.9. The van der Waals surface area contributed by atoms with Gasteiger partial charge in [0.15, 0.2) is 6.10 Å². The van der Waals surface area contributed by atoms with Crippen LogP contribution in [0.4, 0.5) is 0 Å². The van der Waals surface area contributed by atoms with Crippen LogP contribution < -0.4 is 9.47 Å². The standard InChI is InChI=1S/C31H38O8/c1-5-7-8-25(6-2)31(34)38-22-28(39-30(33)20-14-24-11-17-27(36-4)18-12-24)21-37-29(32)19-13-23-9-15-26(35-3)16-10-23/h9-20,25,28H,5-8,21-22H2,1-4H3/b19-13+,20-14+. The minimum atomic E-state index is -0.969. The van der Waals surface area contributed by atoms with Crippen LogP contribution in [0.15, 0.2) is 60.7 Å². The van der Waals surface area contributed by atoms with E-state index in [2.05, 4.69) is 6.92 Å². The van der Waals surface area contributed by atoms with E-state index in [0.29, 0.717) is 17.9 Å². The second kappa shape index (κ2) is 17.4. The molecule has 0 aromatic heterocycles. The van der Waals surface area contributed by atoms with E-state index in [0.717, 1.165) is 30.4 Å². The molecular formula is C31H38O8. The monoisotopic (exact) mass is 538 g/mol. The van der Waals surface area contributed by atoms with Gasteiger partial charge in [-0.05, 0) is 60.4 Å². The number of carbonyl (C=O) groups excluding carboxylic acids is 3. The van der Waals surface area contributed by atoms with E-state index in [-0.39, 0.29) is 25.1 Å². The van der Waals surface area contributed by atoms with Crippen LogP contribution in [-0.4, -0.2) is 51.4 Å². The molecule has 0 radical (unpaired) electrons. The molecule has 2 rings (SSSR count). The number of benzene rings is 2. The van der Waals surface area contributed by atoms with Crippen LogP contribution in [0, 0.1) is 5.92 Å². The van der Waals surface area contributed by atoms with Crippen molar-refractivity contribution in [3.63, 3.8) is 0 Å². The molecule has 2 aromatic carbocycles. The first kappa shape index (κ1) is 31.1. The molecule has 8 heteroatoms. The highest BCUT2D eigenvalue weighted by Gasteiger charge is 2.22. The number of carbonyl (C=O) groups is 3. The van der Waals surface area contributed by atoms with E-state index >= 15 is 0 Å². The van der Waals surface area contributed by atoms with Gasteiger partial charge in [0.25, 0.3) is 0 Å². The second-order valence-corrected chi connectivity index (χ2v) is 8.78. The molecule has 2 unspecified atom stereocenters. The van der Waals surface area contributed by atoms with Crippen molar-refractivity contribution in [1.29, 1.82) is 0 Å². The average Bonchev–Trinajstić information content (AvgIpc) is 2.97. The van der Waals surface area contributed by atoms with Crippen molar-refractivity contribution in [2.24, 2.45) is 5.92 Å². The highest BCUT2D eigenvalue weighted by Crippen LogP contribution is 2.16. The molecule has 0 heterocycles. The van der Waals surface area contributed by atoms with Crippen LogP contribution in [0.1, 0.15) is 50.7 Å². The fraction of sp³-hybridized carbons (Fsp3) is 0.387. The number of methoxy groups -OCH3 is 2. The number of rotatable bonds is 16. The van der Waals surface area contributed by atoms with Crippen LogP contribution in [0.5, 0.6) is 11.5 Å². The normalized spacial score (nSPS) is 12.6. The number of hydrogen-bond donors (Lipinski definition) is 0. The maximum Gasteiger partial charge on any atom is 0.331 e. The smallest absolute Gasteiger partial charge is 0.331 e. The summed E-state index contributed by atoms with van der Waals surface area (Å²) in [4.78, 5) is 37.4. The highest BCUT2D eigenvalue weighted by atomic mass is 16.6. The van der Waals surface area contributed by atoms with Crippen molar-refractivity contribution < 1.29 is 38.1 Å². The Kier molecular flexibility index (Phi) is 13.9. The zero-order valence-corrected chi connectivity index (χ0v) is 23.1. The number of unbranched alkanes of at least 4 members (excludes halogenated alkanes) is 1. The van der Waals surface area contributed by atoms with Crippen LogP contribution in [0.3, 0.4) is 0 Å². The zero-order valence-electron chi connectivity index (χ0n) is 23.1. The van der Waals surface area contributed by atoms with Crippen LogP contribution >= 0.6 is 0 Å². The van der Waals surface area contributed by atoms with Gasteiger partial charge in [-0.3, -0.25) is 4.79 Å². The van der Waals surface area contributed by atoms with Gasteiger partial charge in [-0.25, -0.2) is 9.59 Å². The molecule has 2 atom stereocenters. The van der Waals surface area contributed by atoms with E-state index < -0.39 is 18.0 Å². The lowest BCUT2D eigenvalue weighted by molar-refractivity contribution is -0.164. The average molecular weight is 539 g/mol.